The quantitative estimate of drug-likeness (QED) is 0.0934. The summed E-state index contributed by atoms with van der Waals surface area (Å²) < 4.78 is 11.6. The molecule has 58 heavy (non-hydrogen) atoms. The van der Waals surface area contributed by atoms with Crippen LogP contribution >= 0.6 is 11.3 Å². The molecule has 3 amide bonds. The molecule has 0 spiro atoms. The highest BCUT2D eigenvalue weighted by Gasteiger charge is 2.39. The van der Waals surface area contributed by atoms with Gasteiger partial charge in [0.05, 0.1) is 12.0 Å². The van der Waals surface area contributed by atoms with Gasteiger partial charge in [-0.1, -0.05) is 91.6 Å². The molecule has 322 valence electrons. The molecule has 1 aromatic carbocycles. The smallest absolute Gasteiger partial charge is 0.307 e. The van der Waals surface area contributed by atoms with Gasteiger partial charge >= 0.3 is 17.9 Å². The standard InChI is InChI=1S/C43H65N5O9S/c1-10-28(6)38(46-40(52)34-18-14-15-19-47(34)9)42(53)48(25-56-37(50)20-26(2)3)35(27(4)5)23-36(57-30(8)49)41-45-33(24-58-41)39(51)44-32(21-29(7)43(54)55)22-31-16-12-11-13-17-31/h11-13,16-17,24,26-29,32,34-36,38H,10,14-15,18-23,25H2,1-9H3,(H,44,51)(H,46,52)(H,54,55)/t28-,29-,32+,34+,35+,36-,38?/m0/s1. The first-order valence-corrected chi connectivity index (χ1v) is 21.5. The van der Waals surface area contributed by atoms with Gasteiger partial charge in [0.2, 0.25) is 11.8 Å². The number of ether oxygens (including phenoxy) is 2. The topological polar surface area (TPSA) is 185 Å². The number of carbonyl (C=O) groups is 6. The monoisotopic (exact) mass is 827 g/mol. The van der Waals surface area contributed by atoms with Gasteiger partial charge in [-0.3, -0.25) is 33.7 Å². The molecule has 2 heterocycles. The van der Waals surface area contributed by atoms with Crippen LogP contribution in [-0.4, -0.2) is 100 Å². The number of likely N-dealkylation sites (N-methyl/N-ethyl adjacent to an activating group) is 1. The van der Waals surface area contributed by atoms with Crippen LogP contribution in [0.1, 0.15) is 127 Å². The van der Waals surface area contributed by atoms with Crippen LogP contribution in [0.2, 0.25) is 0 Å². The fourth-order valence-electron chi connectivity index (χ4n) is 7.17. The van der Waals surface area contributed by atoms with Crippen LogP contribution in [0.25, 0.3) is 0 Å². The van der Waals surface area contributed by atoms with E-state index in [0.29, 0.717) is 24.3 Å². The van der Waals surface area contributed by atoms with Crippen molar-refractivity contribution in [1.82, 2.24) is 25.4 Å². The van der Waals surface area contributed by atoms with Gasteiger partial charge in [-0.15, -0.1) is 11.3 Å². The molecule has 3 rings (SSSR count). The lowest BCUT2D eigenvalue weighted by atomic mass is 9.92. The van der Waals surface area contributed by atoms with E-state index in [0.717, 1.165) is 36.3 Å². The first-order chi connectivity index (χ1) is 27.4. The molecular weight excluding hydrogens is 763 g/mol. The molecule has 2 aromatic rings. The van der Waals surface area contributed by atoms with Crippen molar-refractivity contribution < 1.29 is 43.3 Å². The molecule has 0 bridgehead atoms. The maximum absolute atomic E-state index is 14.8. The third-order valence-electron chi connectivity index (χ3n) is 10.8. The molecule has 0 saturated carbocycles. The van der Waals surface area contributed by atoms with E-state index < -0.39 is 59.9 Å². The van der Waals surface area contributed by atoms with Crippen molar-refractivity contribution in [1.29, 1.82) is 0 Å². The number of nitrogens with one attached hydrogen (secondary N) is 2. The first kappa shape index (κ1) is 48.0. The number of esters is 2. The minimum atomic E-state index is -0.988. The zero-order chi connectivity index (χ0) is 43.1. The van der Waals surface area contributed by atoms with Crippen molar-refractivity contribution in [2.24, 2.45) is 23.7 Å². The number of amides is 3. The molecule has 1 aliphatic rings. The van der Waals surface area contributed by atoms with Gasteiger partial charge in [0.25, 0.3) is 5.91 Å². The van der Waals surface area contributed by atoms with E-state index in [1.54, 1.807) is 12.3 Å². The van der Waals surface area contributed by atoms with Gasteiger partial charge in [0.1, 0.15) is 16.7 Å². The Morgan fingerprint density at radius 1 is 1.00 bits per heavy atom. The number of carboxylic acids is 1. The summed E-state index contributed by atoms with van der Waals surface area (Å²) in [7, 11) is 1.91. The van der Waals surface area contributed by atoms with Gasteiger partial charge in [-0.05, 0) is 62.6 Å². The van der Waals surface area contributed by atoms with Crippen molar-refractivity contribution in [2.75, 3.05) is 20.3 Å². The molecule has 1 aromatic heterocycles. The van der Waals surface area contributed by atoms with E-state index in [4.69, 9.17) is 9.47 Å². The summed E-state index contributed by atoms with van der Waals surface area (Å²) >= 11 is 1.12. The normalized spacial score (nSPS) is 17.7. The molecule has 1 unspecified atom stereocenters. The summed E-state index contributed by atoms with van der Waals surface area (Å²) in [5, 5.41) is 17.5. The SMILES string of the molecule is CC[C@H](C)C(NC(=O)[C@H]1CCCCN1C)C(=O)N(COC(=O)CC(C)C)[C@H](C[C@H](OC(C)=O)c1nc(C(=O)N[C@@H](Cc2ccccc2)C[C@H](C)C(=O)O)cs1)C(C)C. The zero-order valence-corrected chi connectivity index (χ0v) is 36.5. The molecule has 0 radical (unpaired) electrons. The third-order valence-corrected chi connectivity index (χ3v) is 11.7. The highest BCUT2D eigenvalue weighted by molar-refractivity contribution is 7.09. The molecule has 3 N–H and O–H groups in total. The van der Waals surface area contributed by atoms with Gasteiger partial charge in [0.15, 0.2) is 12.8 Å². The van der Waals surface area contributed by atoms with Crippen molar-refractivity contribution in [3.63, 3.8) is 0 Å². The summed E-state index contributed by atoms with van der Waals surface area (Å²) in [6.07, 6.45) is 3.00. The van der Waals surface area contributed by atoms with E-state index in [9.17, 15) is 33.9 Å². The average Bonchev–Trinajstić information content (AvgIpc) is 3.66. The van der Waals surface area contributed by atoms with Gasteiger partial charge < -0.3 is 30.1 Å². The number of aliphatic carboxylic acids is 1. The molecule has 1 saturated heterocycles. The summed E-state index contributed by atoms with van der Waals surface area (Å²) in [5.41, 5.74) is 1.01. The Balaban J connectivity index is 1.96. The summed E-state index contributed by atoms with van der Waals surface area (Å²) in [6, 6.07) is 6.99. The third kappa shape index (κ3) is 14.8. The number of piperidine rings is 1. The lowest BCUT2D eigenvalue weighted by Gasteiger charge is -2.39. The Hall–Kier alpha value is -4.37. The van der Waals surface area contributed by atoms with E-state index in [-0.39, 0.29) is 61.4 Å². The predicted molar refractivity (Wildman–Crippen MR) is 222 cm³/mol. The van der Waals surface area contributed by atoms with Gasteiger partial charge in [-0.2, -0.15) is 0 Å². The Morgan fingerprint density at radius 3 is 2.28 bits per heavy atom. The fourth-order valence-corrected chi connectivity index (χ4v) is 8.01. The maximum Gasteiger partial charge on any atom is 0.307 e. The maximum atomic E-state index is 14.8. The van der Waals surface area contributed by atoms with Crippen LogP contribution in [-0.2, 0) is 39.9 Å². The van der Waals surface area contributed by atoms with Crippen molar-refractivity contribution in [3.8, 4) is 0 Å². The Kier molecular flexibility index (Phi) is 19.3. The van der Waals surface area contributed by atoms with Crippen LogP contribution in [0.4, 0.5) is 0 Å². The summed E-state index contributed by atoms with van der Waals surface area (Å²) in [6.45, 7) is 14.7. The second-order valence-corrected chi connectivity index (χ2v) is 17.4. The van der Waals surface area contributed by atoms with Gasteiger partial charge in [-0.25, -0.2) is 4.98 Å². The van der Waals surface area contributed by atoms with Crippen molar-refractivity contribution >= 4 is 47.0 Å². The van der Waals surface area contributed by atoms with Crippen molar-refractivity contribution in [3.05, 3.63) is 52.0 Å². The van der Waals surface area contributed by atoms with Crippen LogP contribution in [0, 0.1) is 23.7 Å². The lowest BCUT2D eigenvalue weighted by Crippen LogP contribution is -2.59. The first-order valence-electron chi connectivity index (χ1n) is 20.6. The van der Waals surface area contributed by atoms with Crippen LogP contribution in [0.15, 0.2) is 35.7 Å². The number of nitrogens with zero attached hydrogens (tertiary/aromatic N) is 3. The number of likely N-dealkylation sites (tertiary alicyclic amines) is 1. The van der Waals surface area contributed by atoms with Gasteiger partial charge in [0, 0.05) is 37.2 Å². The largest absolute Gasteiger partial charge is 0.481 e. The van der Waals surface area contributed by atoms with Crippen LogP contribution in [0.3, 0.4) is 0 Å². The number of rotatable bonds is 22. The van der Waals surface area contributed by atoms with Crippen molar-refractivity contribution in [2.45, 2.75) is 137 Å². The molecular formula is C43H65N5O9S. The lowest BCUT2D eigenvalue weighted by molar-refractivity contribution is -0.161. The van der Waals surface area contributed by atoms with Crippen LogP contribution < -0.4 is 10.6 Å². The molecule has 1 aliphatic heterocycles. The fraction of sp³-hybridized carbons (Fsp3) is 0.651. The molecule has 15 heteroatoms. The van der Waals surface area contributed by atoms with Crippen LogP contribution in [0.5, 0.6) is 0 Å². The number of hydrogen-bond donors (Lipinski definition) is 3. The van der Waals surface area contributed by atoms with E-state index in [1.165, 1.54) is 11.8 Å². The number of benzene rings is 1. The number of thiazole rings is 1. The highest BCUT2D eigenvalue weighted by atomic mass is 32.1. The number of hydrogen-bond acceptors (Lipinski definition) is 11. The Bertz CT molecular complexity index is 1670. The van der Waals surface area contributed by atoms with E-state index in [2.05, 4.69) is 15.6 Å². The van der Waals surface area contributed by atoms with E-state index in [1.807, 2.05) is 83.8 Å². The minimum absolute atomic E-state index is 0.0241. The average molecular weight is 828 g/mol. The Labute approximate surface area is 347 Å². The Morgan fingerprint density at radius 2 is 1.69 bits per heavy atom. The summed E-state index contributed by atoms with van der Waals surface area (Å²) in [4.78, 5) is 87.4. The predicted octanol–water partition coefficient (Wildman–Crippen LogP) is 6.00. The highest BCUT2D eigenvalue weighted by Crippen LogP contribution is 2.32. The van der Waals surface area contributed by atoms with E-state index >= 15 is 0 Å². The number of carboxylic acid groups (broad SMARTS) is 1. The second-order valence-electron chi connectivity index (χ2n) is 16.5. The zero-order valence-electron chi connectivity index (χ0n) is 35.7. The molecule has 7 atom stereocenters. The number of aromatic nitrogens is 1. The number of carbonyl (C=O) groups excluding carboxylic acids is 5. The molecule has 1 fully saturated rings. The summed E-state index contributed by atoms with van der Waals surface area (Å²) in [5.74, 6) is -4.39. The molecule has 14 nitrogen and oxygen atoms in total. The second kappa shape index (κ2) is 23.3. The minimum Gasteiger partial charge on any atom is -0.481 e. The molecule has 0 aliphatic carbocycles.